The van der Waals surface area contributed by atoms with Gasteiger partial charge in [-0.25, -0.2) is 4.79 Å². The number of azide groups is 1. The second-order valence-corrected chi connectivity index (χ2v) is 12.3. The molecule has 44 heavy (non-hydrogen) atoms. The molecule has 1 saturated heterocycles. The standard InChI is InChI=1S/C31H32Cl3N5O5/c32-31(33,34)29(35)44-28-25(37-38-36)16-17-27(43-28)26(21-41-19-23-12-6-2-7-13-23)39(18-22-10-4-1-5-11-22)30(40)42-20-24-14-8-3-9-15-24/h1-15,25-28,35H,16-21H2. The summed E-state index contributed by atoms with van der Waals surface area (Å²) in [6.45, 7) is 0.636. The number of benzene rings is 3. The maximum atomic E-state index is 13.8. The number of nitrogens with one attached hydrogen (secondary N) is 1. The van der Waals surface area contributed by atoms with Crippen LogP contribution in [0.4, 0.5) is 4.79 Å². The van der Waals surface area contributed by atoms with Gasteiger partial charge in [-0.2, -0.15) is 0 Å². The summed E-state index contributed by atoms with van der Waals surface area (Å²) in [7, 11) is 0. The highest BCUT2D eigenvalue weighted by Gasteiger charge is 2.42. The molecule has 0 radical (unpaired) electrons. The molecule has 3 aromatic carbocycles. The minimum Gasteiger partial charge on any atom is -0.448 e. The molecule has 0 aliphatic carbocycles. The molecule has 4 rings (SSSR count). The molecule has 1 heterocycles. The van der Waals surface area contributed by atoms with Gasteiger partial charge >= 0.3 is 6.09 Å². The van der Waals surface area contributed by atoms with Crippen LogP contribution in [0.15, 0.2) is 96.1 Å². The van der Waals surface area contributed by atoms with Gasteiger partial charge in [-0.05, 0) is 35.1 Å². The Hall–Kier alpha value is -3.50. The number of nitrogens with zero attached hydrogens (tertiary/aromatic N) is 4. The number of hydrogen-bond acceptors (Lipinski definition) is 7. The summed E-state index contributed by atoms with van der Waals surface area (Å²) < 4.78 is 21.6. The van der Waals surface area contributed by atoms with E-state index < -0.39 is 40.3 Å². The topological polar surface area (TPSA) is 130 Å². The summed E-state index contributed by atoms with van der Waals surface area (Å²) in [5.41, 5.74) is 11.8. The second-order valence-electron chi connectivity index (χ2n) is 10.1. The average Bonchev–Trinajstić information content (AvgIpc) is 3.03. The lowest BCUT2D eigenvalue weighted by molar-refractivity contribution is -0.187. The van der Waals surface area contributed by atoms with Crippen molar-refractivity contribution in [3.05, 3.63) is 118 Å². The molecule has 0 aromatic heterocycles. The summed E-state index contributed by atoms with van der Waals surface area (Å²) in [4.78, 5) is 18.3. The highest BCUT2D eigenvalue weighted by Crippen LogP contribution is 2.33. The molecule has 0 spiro atoms. The van der Waals surface area contributed by atoms with Crippen molar-refractivity contribution in [2.45, 2.75) is 60.9 Å². The van der Waals surface area contributed by atoms with E-state index in [1.807, 2.05) is 91.0 Å². The highest BCUT2D eigenvalue weighted by molar-refractivity contribution is 6.76. The fourth-order valence-electron chi connectivity index (χ4n) is 4.72. The second kappa shape index (κ2) is 16.5. The highest BCUT2D eigenvalue weighted by atomic mass is 35.6. The van der Waals surface area contributed by atoms with Crippen LogP contribution in [0.3, 0.4) is 0 Å². The zero-order valence-corrected chi connectivity index (χ0v) is 25.9. The van der Waals surface area contributed by atoms with Crippen LogP contribution in [0.2, 0.25) is 0 Å². The van der Waals surface area contributed by atoms with Gasteiger partial charge in [0.15, 0.2) is 0 Å². The third-order valence-corrected chi connectivity index (χ3v) is 7.44. The molecule has 0 saturated carbocycles. The maximum absolute atomic E-state index is 13.8. The lowest BCUT2D eigenvalue weighted by Crippen LogP contribution is -2.54. The van der Waals surface area contributed by atoms with Crippen LogP contribution in [0, 0.1) is 5.41 Å². The van der Waals surface area contributed by atoms with Crippen molar-refractivity contribution in [2.75, 3.05) is 6.61 Å². The van der Waals surface area contributed by atoms with E-state index in [4.69, 9.17) is 64.7 Å². The number of halogens is 3. The molecule has 1 N–H and O–H groups in total. The number of rotatable bonds is 12. The quantitative estimate of drug-likeness (QED) is 0.0526. The van der Waals surface area contributed by atoms with E-state index in [0.717, 1.165) is 16.7 Å². The number of amides is 1. The van der Waals surface area contributed by atoms with Gasteiger partial charge in [-0.15, -0.1) is 0 Å². The summed E-state index contributed by atoms with van der Waals surface area (Å²) >= 11 is 17.6. The van der Waals surface area contributed by atoms with Gasteiger partial charge in [0.2, 0.25) is 12.2 Å². The average molecular weight is 661 g/mol. The van der Waals surface area contributed by atoms with Gasteiger partial charge in [0.05, 0.1) is 31.4 Å². The first-order valence-corrected chi connectivity index (χ1v) is 15.0. The van der Waals surface area contributed by atoms with Crippen LogP contribution in [0.5, 0.6) is 0 Å². The first-order chi connectivity index (χ1) is 21.2. The van der Waals surface area contributed by atoms with Crippen molar-refractivity contribution in [3.63, 3.8) is 0 Å². The van der Waals surface area contributed by atoms with Gasteiger partial charge in [-0.3, -0.25) is 10.3 Å². The van der Waals surface area contributed by atoms with E-state index in [9.17, 15) is 4.79 Å². The number of carbonyl (C=O) groups excluding carboxylic acids is 1. The van der Waals surface area contributed by atoms with Crippen molar-refractivity contribution in [2.24, 2.45) is 5.11 Å². The number of hydrogen-bond donors (Lipinski definition) is 1. The number of carbonyl (C=O) groups is 1. The van der Waals surface area contributed by atoms with Gasteiger partial charge in [0.1, 0.15) is 6.61 Å². The molecular formula is C31H32Cl3N5O5. The van der Waals surface area contributed by atoms with Crippen molar-refractivity contribution in [1.82, 2.24) is 4.90 Å². The molecule has 10 nitrogen and oxygen atoms in total. The van der Waals surface area contributed by atoms with Crippen molar-refractivity contribution in [3.8, 4) is 0 Å². The predicted octanol–water partition coefficient (Wildman–Crippen LogP) is 7.96. The van der Waals surface area contributed by atoms with E-state index in [1.54, 1.807) is 4.90 Å². The maximum Gasteiger partial charge on any atom is 0.410 e. The van der Waals surface area contributed by atoms with Crippen LogP contribution in [0.1, 0.15) is 29.5 Å². The fraction of sp³-hybridized carbons (Fsp3) is 0.355. The van der Waals surface area contributed by atoms with Crippen molar-refractivity contribution in [1.29, 1.82) is 5.41 Å². The Morgan fingerprint density at radius 1 is 0.955 bits per heavy atom. The molecule has 4 atom stereocenters. The zero-order chi connectivity index (χ0) is 31.4. The van der Waals surface area contributed by atoms with Crippen LogP contribution in [0.25, 0.3) is 10.4 Å². The Morgan fingerprint density at radius 2 is 1.52 bits per heavy atom. The van der Waals surface area contributed by atoms with Crippen LogP contribution in [-0.4, -0.2) is 51.8 Å². The molecule has 1 amide bonds. The van der Waals surface area contributed by atoms with Crippen LogP contribution < -0.4 is 0 Å². The molecule has 13 heteroatoms. The smallest absolute Gasteiger partial charge is 0.410 e. The van der Waals surface area contributed by atoms with Gasteiger partial charge < -0.3 is 18.9 Å². The molecule has 1 fully saturated rings. The molecule has 1 aliphatic rings. The minimum atomic E-state index is -2.16. The van der Waals surface area contributed by atoms with E-state index in [-0.39, 0.29) is 19.8 Å². The van der Waals surface area contributed by atoms with E-state index in [1.165, 1.54) is 0 Å². The third kappa shape index (κ3) is 10.0. The summed E-state index contributed by atoms with van der Waals surface area (Å²) in [6.07, 6.45) is -1.81. The van der Waals surface area contributed by atoms with Crippen molar-refractivity contribution < 1.29 is 23.7 Å². The fourth-order valence-corrected chi connectivity index (χ4v) is 4.86. The first-order valence-electron chi connectivity index (χ1n) is 13.9. The summed E-state index contributed by atoms with van der Waals surface area (Å²) in [5.74, 6) is -0.688. The molecule has 232 valence electrons. The molecule has 1 aliphatic heterocycles. The van der Waals surface area contributed by atoms with Crippen molar-refractivity contribution >= 4 is 46.8 Å². The summed E-state index contributed by atoms with van der Waals surface area (Å²) in [5, 5.41) is 11.8. The van der Waals surface area contributed by atoms with E-state index >= 15 is 0 Å². The van der Waals surface area contributed by atoms with E-state index in [2.05, 4.69) is 10.0 Å². The van der Waals surface area contributed by atoms with Crippen LogP contribution >= 0.6 is 34.8 Å². The minimum absolute atomic E-state index is 0.0686. The monoisotopic (exact) mass is 659 g/mol. The van der Waals surface area contributed by atoms with Gasteiger partial charge in [-0.1, -0.05) is 131 Å². The third-order valence-electron chi connectivity index (χ3n) is 6.93. The number of ether oxygens (including phenoxy) is 4. The van der Waals surface area contributed by atoms with Gasteiger partial charge in [0.25, 0.3) is 3.79 Å². The Balaban J connectivity index is 1.62. The zero-order valence-electron chi connectivity index (χ0n) is 23.7. The normalized spacial score (nSPS) is 18.8. The Kier molecular flexibility index (Phi) is 12.6. The van der Waals surface area contributed by atoms with Gasteiger partial charge in [0, 0.05) is 11.5 Å². The SMILES string of the molecule is [N-]=[N+]=NC1CCC(C(COCc2ccccc2)N(Cc2ccccc2)C(=O)OCc2ccccc2)OC1OC(=N)C(Cl)(Cl)Cl. The molecule has 4 unspecified atom stereocenters. The van der Waals surface area contributed by atoms with E-state index in [0.29, 0.717) is 19.4 Å². The first kappa shape index (κ1) is 33.4. The molecule has 3 aromatic rings. The Morgan fingerprint density at radius 3 is 2.09 bits per heavy atom. The lowest BCUT2D eigenvalue weighted by Gasteiger charge is -2.41. The van der Waals surface area contributed by atoms with Crippen LogP contribution in [-0.2, 0) is 38.7 Å². The number of alkyl halides is 3. The Labute approximate surface area is 270 Å². The summed E-state index contributed by atoms with van der Waals surface area (Å²) in [6, 6.07) is 27.0. The largest absolute Gasteiger partial charge is 0.448 e. The lowest BCUT2D eigenvalue weighted by atomic mass is 9.97. The molecule has 0 bridgehead atoms. The Bertz CT molecular complexity index is 1390. The predicted molar refractivity (Wildman–Crippen MR) is 168 cm³/mol. The molecular weight excluding hydrogens is 629 g/mol.